The molecular formula is C22H21ClF3N5O. The number of aromatic nitrogens is 3. The molecule has 1 saturated heterocycles. The maximum atomic E-state index is 13.2. The summed E-state index contributed by atoms with van der Waals surface area (Å²) in [7, 11) is 0. The van der Waals surface area contributed by atoms with Crippen molar-refractivity contribution in [3.63, 3.8) is 0 Å². The molecule has 4 rings (SSSR count). The van der Waals surface area contributed by atoms with Gasteiger partial charge in [0.15, 0.2) is 0 Å². The van der Waals surface area contributed by atoms with Crippen molar-refractivity contribution in [3.8, 4) is 11.1 Å². The van der Waals surface area contributed by atoms with Gasteiger partial charge in [0.25, 0.3) is 5.91 Å². The van der Waals surface area contributed by atoms with Gasteiger partial charge in [-0.3, -0.25) is 9.89 Å². The normalized spacial score (nSPS) is 17.7. The number of halogens is 4. The fourth-order valence-corrected chi connectivity index (χ4v) is 4.24. The number of pyridine rings is 1. The summed E-state index contributed by atoms with van der Waals surface area (Å²) in [5, 5.41) is 12.3. The lowest BCUT2D eigenvalue weighted by Crippen LogP contribution is -2.46. The van der Waals surface area contributed by atoms with Crippen molar-refractivity contribution < 1.29 is 18.0 Å². The molecule has 2 aromatic heterocycles. The summed E-state index contributed by atoms with van der Waals surface area (Å²) in [6.07, 6.45) is 2.52. The molecule has 0 spiro atoms. The van der Waals surface area contributed by atoms with Gasteiger partial charge in [-0.1, -0.05) is 36.2 Å². The van der Waals surface area contributed by atoms with E-state index in [1.165, 1.54) is 0 Å². The molecule has 0 bridgehead atoms. The summed E-state index contributed by atoms with van der Waals surface area (Å²) < 4.78 is 39.7. The molecule has 0 unspecified atom stereocenters. The Morgan fingerprint density at radius 2 is 2.06 bits per heavy atom. The molecule has 10 heteroatoms. The van der Waals surface area contributed by atoms with Crippen LogP contribution in [0.2, 0.25) is 5.02 Å². The Morgan fingerprint density at radius 1 is 1.22 bits per heavy atom. The Bertz CT molecular complexity index is 1080. The smallest absolute Gasteiger partial charge is 0.342 e. The number of nitrogens with zero attached hydrogens (tertiary/aromatic N) is 2. The quantitative estimate of drug-likeness (QED) is 0.509. The molecule has 32 heavy (non-hydrogen) atoms. The van der Waals surface area contributed by atoms with Gasteiger partial charge in [-0.15, -0.1) is 0 Å². The van der Waals surface area contributed by atoms with Gasteiger partial charge < -0.3 is 10.6 Å². The molecule has 1 aliphatic heterocycles. The van der Waals surface area contributed by atoms with E-state index in [0.717, 1.165) is 54.8 Å². The zero-order chi connectivity index (χ0) is 22.7. The lowest BCUT2D eigenvalue weighted by Gasteiger charge is -2.32. The largest absolute Gasteiger partial charge is 0.417 e. The zero-order valence-corrected chi connectivity index (χ0v) is 17.7. The van der Waals surface area contributed by atoms with Gasteiger partial charge in [-0.05, 0) is 42.6 Å². The van der Waals surface area contributed by atoms with Crippen LogP contribution in [0.25, 0.3) is 11.1 Å². The minimum atomic E-state index is -4.68. The van der Waals surface area contributed by atoms with E-state index in [1.54, 1.807) is 12.4 Å². The van der Waals surface area contributed by atoms with E-state index in [9.17, 15) is 18.0 Å². The molecule has 3 heterocycles. The van der Waals surface area contributed by atoms with Crippen molar-refractivity contribution in [2.45, 2.75) is 37.5 Å². The van der Waals surface area contributed by atoms with Gasteiger partial charge in [-0.2, -0.15) is 18.3 Å². The first-order valence-electron chi connectivity index (χ1n) is 10.2. The number of benzene rings is 1. The van der Waals surface area contributed by atoms with Crippen LogP contribution in [-0.4, -0.2) is 33.7 Å². The summed E-state index contributed by atoms with van der Waals surface area (Å²) in [6.45, 7) is 0.793. The highest BCUT2D eigenvalue weighted by Crippen LogP contribution is 2.36. The minimum absolute atomic E-state index is 0.0862. The lowest BCUT2D eigenvalue weighted by atomic mass is 9.91. The highest BCUT2D eigenvalue weighted by Gasteiger charge is 2.36. The number of piperidine rings is 1. The number of carbonyl (C=O) groups excluding carboxylic acids is 1. The fraction of sp³-hybridized carbons (Fsp3) is 0.318. The van der Waals surface area contributed by atoms with E-state index in [0.29, 0.717) is 0 Å². The van der Waals surface area contributed by atoms with Crippen molar-refractivity contribution in [3.05, 3.63) is 70.8 Å². The molecule has 2 atom stereocenters. The molecule has 1 amide bonds. The Kier molecular flexibility index (Phi) is 6.48. The molecule has 6 nitrogen and oxygen atoms in total. The van der Waals surface area contributed by atoms with Gasteiger partial charge in [0.05, 0.1) is 22.8 Å². The van der Waals surface area contributed by atoms with Crippen molar-refractivity contribution in [1.29, 1.82) is 0 Å². The number of aromatic amines is 1. The summed E-state index contributed by atoms with van der Waals surface area (Å²) in [4.78, 5) is 16.8. The molecule has 3 N–H and O–H groups in total. The Morgan fingerprint density at radius 3 is 2.75 bits per heavy atom. The third kappa shape index (κ3) is 4.78. The predicted molar refractivity (Wildman–Crippen MR) is 114 cm³/mol. The first-order valence-corrected chi connectivity index (χ1v) is 10.6. The number of amides is 1. The SMILES string of the molecule is O=C(N[C@@H](c1cccc(-c2cn[nH]c2)c1)[C@@H]1CCCCN1)c1nccc(C(F)(F)F)c1Cl. The van der Waals surface area contributed by atoms with Crippen LogP contribution in [0.1, 0.15) is 46.9 Å². The van der Waals surface area contributed by atoms with E-state index in [4.69, 9.17) is 11.6 Å². The second kappa shape index (κ2) is 9.30. The highest BCUT2D eigenvalue weighted by molar-refractivity contribution is 6.34. The van der Waals surface area contributed by atoms with Gasteiger partial charge in [0, 0.05) is 24.0 Å². The summed E-state index contributed by atoms with van der Waals surface area (Å²) >= 11 is 5.93. The first-order chi connectivity index (χ1) is 15.3. The van der Waals surface area contributed by atoms with Crippen LogP contribution in [0.3, 0.4) is 0 Å². The zero-order valence-electron chi connectivity index (χ0n) is 16.9. The van der Waals surface area contributed by atoms with Crippen LogP contribution in [-0.2, 0) is 6.18 Å². The maximum Gasteiger partial charge on any atom is 0.417 e. The molecule has 1 fully saturated rings. The molecule has 3 aromatic rings. The lowest BCUT2D eigenvalue weighted by molar-refractivity contribution is -0.137. The number of hydrogen-bond acceptors (Lipinski definition) is 4. The highest BCUT2D eigenvalue weighted by atomic mass is 35.5. The van der Waals surface area contributed by atoms with Gasteiger partial charge in [-0.25, -0.2) is 4.98 Å². The molecule has 0 aliphatic carbocycles. The molecule has 1 aliphatic rings. The third-order valence-corrected chi connectivity index (χ3v) is 5.91. The standard InChI is InChI=1S/C22H21ClF3N5O/c23-18-16(22(24,25)26)7-9-28-20(18)21(32)31-19(17-6-1-2-8-27-17)14-5-3-4-13(10-14)15-11-29-30-12-15/h3-5,7,9-12,17,19,27H,1-2,6,8H2,(H,29,30)(H,31,32)/t17-,19-/m0/s1. The van der Waals surface area contributed by atoms with Gasteiger partial charge in [0.1, 0.15) is 5.69 Å². The number of nitrogens with one attached hydrogen (secondary N) is 3. The second-order valence-corrected chi connectivity index (χ2v) is 8.02. The Balaban J connectivity index is 1.67. The van der Waals surface area contributed by atoms with E-state index in [1.807, 2.05) is 24.3 Å². The van der Waals surface area contributed by atoms with Gasteiger partial charge >= 0.3 is 6.18 Å². The molecule has 1 aromatic carbocycles. The van der Waals surface area contributed by atoms with Crippen LogP contribution in [0.5, 0.6) is 0 Å². The van der Waals surface area contributed by atoms with Crippen molar-refractivity contribution >= 4 is 17.5 Å². The number of hydrogen-bond donors (Lipinski definition) is 3. The van der Waals surface area contributed by atoms with Crippen LogP contribution < -0.4 is 10.6 Å². The predicted octanol–water partition coefficient (Wildman–Crippen LogP) is 4.76. The number of alkyl halides is 3. The number of H-pyrrole nitrogens is 1. The number of carbonyl (C=O) groups is 1. The first kappa shape index (κ1) is 22.3. The Labute approximate surface area is 187 Å². The van der Waals surface area contributed by atoms with Crippen molar-refractivity contribution in [2.75, 3.05) is 6.54 Å². The van der Waals surface area contributed by atoms with Gasteiger partial charge in [0.2, 0.25) is 0 Å². The fourth-order valence-electron chi connectivity index (χ4n) is 3.93. The van der Waals surface area contributed by atoms with E-state index in [-0.39, 0.29) is 6.04 Å². The monoisotopic (exact) mass is 463 g/mol. The van der Waals surface area contributed by atoms with E-state index < -0.39 is 34.4 Å². The van der Waals surface area contributed by atoms with Crippen LogP contribution >= 0.6 is 11.6 Å². The average Bonchev–Trinajstić information content (AvgIpc) is 3.32. The van der Waals surface area contributed by atoms with Crippen molar-refractivity contribution in [1.82, 2.24) is 25.8 Å². The summed E-state index contributed by atoms with van der Waals surface area (Å²) in [6, 6.07) is 7.80. The van der Waals surface area contributed by atoms with Crippen LogP contribution in [0.4, 0.5) is 13.2 Å². The van der Waals surface area contributed by atoms with E-state index >= 15 is 0 Å². The third-order valence-electron chi connectivity index (χ3n) is 5.52. The summed E-state index contributed by atoms with van der Waals surface area (Å²) in [5.41, 5.74) is 1.07. The molecular weight excluding hydrogens is 443 g/mol. The van der Waals surface area contributed by atoms with Crippen molar-refractivity contribution in [2.24, 2.45) is 0 Å². The topological polar surface area (TPSA) is 82.7 Å². The van der Waals surface area contributed by atoms with Crippen LogP contribution in [0, 0.1) is 0 Å². The summed E-state index contributed by atoms with van der Waals surface area (Å²) in [5.74, 6) is -0.757. The molecule has 0 radical (unpaired) electrons. The molecule has 168 valence electrons. The maximum absolute atomic E-state index is 13.2. The minimum Gasteiger partial charge on any atom is -0.342 e. The average molecular weight is 464 g/mol. The Hall–Kier alpha value is -2.91. The second-order valence-electron chi connectivity index (χ2n) is 7.64. The molecule has 0 saturated carbocycles. The number of rotatable bonds is 5. The van der Waals surface area contributed by atoms with E-state index in [2.05, 4.69) is 25.8 Å². The van der Waals surface area contributed by atoms with Crippen LogP contribution in [0.15, 0.2) is 48.9 Å².